The number of piperidine rings is 1. The normalized spacial score (nSPS) is 21.3. The highest BCUT2D eigenvalue weighted by Crippen LogP contribution is 2.25. The molecule has 132 valence electrons. The van der Waals surface area contributed by atoms with E-state index in [0.717, 1.165) is 35.3 Å². The van der Waals surface area contributed by atoms with Crippen LogP contribution < -0.4 is 5.56 Å². The molecule has 0 aliphatic carbocycles. The number of carbonyl (C=O) groups excluding carboxylic acids is 1. The summed E-state index contributed by atoms with van der Waals surface area (Å²) >= 11 is 1.60. The first-order valence-corrected chi connectivity index (χ1v) is 9.63. The van der Waals surface area contributed by atoms with Gasteiger partial charge in [-0.1, -0.05) is 0 Å². The van der Waals surface area contributed by atoms with Crippen LogP contribution in [0.15, 0.2) is 22.3 Å². The molecule has 3 aromatic heterocycles. The van der Waals surface area contributed by atoms with Crippen molar-refractivity contribution in [1.82, 2.24) is 19.1 Å². The Labute approximate surface area is 149 Å². The van der Waals surface area contributed by atoms with Gasteiger partial charge in [0.15, 0.2) is 0 Å². The van der Waals surface area contributed by atoms with Crippen LogP contribution in [0.3, 0.4) is 0 Å². The lowest BCUT2D eigenvalue weighted by Crippen LogP contribution is -2.49. The molecule has 1 aliphatic heterocycles. The van der Waals surface area contributed by atoms with E-state index in [1.807, 2.05) is 33.7 Å². The first-order chi connectivity index (χ1) is 12.0. The molecule has 0 aromatic carbocycles. The maximum absolute atomic E-state index is 12.8. The number of aromatic nitrogens is 3. The summed E-state index contributed by atoms with van der Waals surface area (Å²) in [6.45, 7) is 6.04. The summed E-state index contributed by atoms with van der Waals surface area (Å²) in [5, 5.41) is 6.42. The number of aryl methyl sites for hydroxylation is 1. The number of rotatable bonds is 2. The van der Waals surface area contributed by atoms with E-state index >= 15 is 0 Å². The summed E-state index contributed by atoms with van der Waals surface area (Å²) < 4.78 is 4.26. The Morgan fingerprint density at radius 3 is 2.72 bits per heavy atom. The average molecular weight is 358 g/mol. The number of hydrogen-bond acceptors (Lipinski definition) is 4. The second kappa shape index (κ2) is 5.98. The van der Waals surface area contributed by atoms with E-state index in [4.69, 9.17) is 0 Å². The molecule has 1 fully saturated rings. The third-order valence-electron chi connectivity index (χ3n) is 5.23. The fraction of sp³-hybridized carbons (Fsp3) is 0.500. The quantitative estimate of drug-likeness (QED) is 0.708. The molecular weight excluding hydrogens is 336 g/mol. The molecule has 25 heavy (non-hydrogen) atoms. The van der Waals surface area contributed by atoms with Crippen LogP contribution in [0.2, 0.25) is 0 Å². The van der Waals surface area contributed by atoms with Crippen molar-refractivity contribution in [2.24, 2.45) is 0 Å². The van der Waals surface area contributed by atoms with Gasteiger partial charge in [-0.15, -0.1) is 11.3 Å². The zero-order valence-corrected chi connectivity index (χ0v) is 15.5. The lowest BCUT2D eigenvalue weighted by Gasteiger charge is -2.39. The van der Waals surface area contributed by atoms with Crippen molar-refractivity contribution >= 4 is 33.0 Å². The fourth-order valence-electron chi connectivity index (χ4n) is 4.06. The number of hydrogen-bond donors (Lipinski definition) is 0. The van der Waals surface area contributed by atoms with Gasteiger partial charge in [-0.25, -0.2) is 4.68 Å². The molecule has 2 atom stereocenters. The zero-order valence-electron chi connectivity index (χ0n) is 14.7. The van der Waals surface area contributed by atoms with Crippen molar-refractivity contribution in [3.05, 3.63) is 33.7 Å². The van der Waals surface area contributed by atoms with Gasteiger partial charge in [0.25, 0.3) is 5.56 Å². The number of likely N-dealkylation sites (tertiary alicyclic amines) is 1. The Kier molecular flexibility index (Phi) is 3.91. The first kappa shape index (κ1) is 16.3. The average Bonchev–Trinajstić information content (AvgIpc) is 3.12. The number of fused-ring (bicyclic) bond motifs is 3. The molecule has 3 aromatic rings. The second-order valence-corrected chi connectivity index (χ2v) is 7.92. The predicted octanol–water partition coefficient (Wildman–Crippen LogP) is 2.81. The molecule has 6 nitrogen and oxygen atoms in total. The Morgan fingerprint density at radius 1 is 1.28 bits per heavy atom. The van der Waals surface area contributed by atoms with Crippen molar-refractivity contribution in [3.8, 4) is 0 Å². The minimum Gasteiger partial charge on any atom is -0.336 e. The van der Waals surface area contributed by atoms with Crippen molar-refractivity contribution < 1.29 is 4.79 Å². The van der Waals surface area contributed by atoms with Crippen molar-refractivity contribution in [1.29, 1.82) is 0 Å². The van der Waals surface area contributed by atoms with Gasteiger partial charge in [0.1, 0.15) is 17.9 Å². The van der Waals surface area contributed by atoms with Gasteiger partial charge in [0.05, 0.1) is 10.2 Å². The van der Waals surface area contributed by atoms with Gasteiger partial charge >= 0.3 is 0 Å². The minimum absolute atomic E-state index is 0.00365. The molecule has 1 aliphatic rings. The molecule has 1 saturated heterocycles. The molecule has 1 amide bonds. The third-order valence-corrected chi connectivity index (χ3v) is 6.09. The summed E-state index contributed by atoms with van der Waals surface area (Å²) in [6.07, 6.45) is 3.19. The standard InChI is InChI=1S/C18H22N4O2S/c1-11-5-4-6-12(2)21(11)17(23)10-20-18(24)15-9-16-14(7-8-25-16)22(15)13(3)19-20/h7-9,11-12H,4-6,10H2,1-3H3/t11-,12+. The van der Waals surface area contributed by atoms with Crippen LogP contribution in [0.5, 0.6) is 0 Å². The van der Waals surface area contributed by atoms with E-state index in [-0.39, 0.29) is 30.1 Å². The highest BCUT2D eigenvalue weighted by Gasteiger charge is 2.29. The molecule has 4 rings (SSSR count). The van der Waals surface area contributed by atoms with Crippen molar-refractivity contribution in [2.75, 3.05) is 0 Å². The molecule has 0 radical (unpaired) electrons. The molecular formula is C18H22N4O2S. The van der Waals surface area contributed by atoms with Crippen LogP contribution in [0, 0.1) is 6.92 Å². The van der Waals surface area contributed by atoms with E-state index < -0.39 is 0 Å². The molecule has 0 bridgehead atoms. The summed E-state index contributed by atoms with van der Waals surface area (Å²) in [6, 6.07) is 4.32. The number of amides is 1. The highest BCUT2D eigenvalue weighted by atomic mass is 32.1. The lowest BCUT2D eigenvalue weighted by atomic mass is 9.97. The summed E-state index contributed by atoms with van der Waals surface area (Å²) in [5.74, 6) is 0.696. The van der Waals surface area contributed by atoms with Crippen LogP contribution >= 0.6 is 11.3 Å². The van der Waals surface area contributed by atoms with Crippen LogP contribution in [0.4, 0.5) is 0 Å². The molecule has 0 unspecified atom stereocenters. The number of nitrogens with zero attached hydrogens (tertiary/aromatic N) is 4. The fourth-order valence-corrected chi connectivity index (χ4v) is 4.86. The second-order valence-electron chi connectivity index (χ2n) is 6.98. The van der Waals surface area contributed by atoms with Crippen molar-refractivity contribution in [3.63, 3.8) is 0 Å². The maximum Gasteiger partial charge on any atom is 0.291 e. The number of carbonyl (C=O) groups is 1. The van der Waals surface area contributed by atoms with E-state index in [0.29, 0.717) is 5.52 Å². The van der Waals surface area contributed by atoms with E-state index in [1.165, 1.54) is 4.68 Å². The lowest BCUT2D eigenvalue weighted by molar-refractivity contribution is -0.138. The molecule has 7 heteroatoms. The summed E-state index contributed by atoms with van der Waals surface area (Å²) in [5.41, 5.74) is 1.38. The highest BCUT2D eigenvalue weighted by molar-refractivity contribution is 7.17. The van der Waals surface area contributed by atoms with Gasteiger partial charge < -0.3 is 4.90 Å². The summed E-state index contributed by atoms with van der Waals surface area (Å²) in [4.78, 5) is 27.6. The van der Waals surface area contributed by atoms with Gasteiger partial charge in [-0.2, -0.15) is 5.10 Å². The zero-order chi connectivity index (χ0) is 17.7. The van der Waals surface area contributed by atoms with Crippen molar-refractivity contribution in [2.45, 2.75) is 58.7 Å². The predicted molar refractivity (Wildman–Crippen MR) is 99.2 cm³/mol. The van der Waals surface area contributed by atoms with Crippen LogP contribution in [0.1, 0.15) is 38.9 Å². The maximum atomic E-state index is 12.8. The molecule has 0 spiro atoms. The smallest absolute Gasteiger partial charge is 0.291 e. The van der Waals surface area contributed by atoms with Crippen LogP contribution in [-0.4, -0.2) is 37.1 Å². The first-order valence-electron chi connectivity index (χ1n) is 8.75. The van der Waals surface area contributed by atoms with E-state index in [9.17, 15) is 9.59 Å². The third kappa shape index (κ3) is 2.57. The molecule has 0 N–H and O–H groups in total. The molecule has 0 saturated carbocycles. The molecule has 4 heterocycles. The minimum atomic E-state index is -0.209. The number of thiophene rings is 1. The largest absolute Gasteiger partial charge is 0.336 e. The topological polar surface area (TPSA) is 59.6 Å². The van der Waals surface area contributed by atoms with Gasteiger partial charge in [0.2, 0.25) is 5.91 Å². The van der Waals surface area contributed by atoms with E-state index in [2.05, 4.69) is 18.9 Å². The van der Waals surface area contributed by atoms with Crippen LogP contribution in [0.25, 0.3) is 15.7 Å². The van der Waals surface area contributed by atoms with E-state index in [1.54, 1.807) is 11.3 Å². The van der Waals surface area contributed by atoms with Gasteiger partial charge in [-0.05, 0) is 57.5 Å². The Balaban J connectivity index is 1.73. The van der Waals surface area contributed by atoms with Gasteiger partial charge in [0, 0.05) is 12.1 Å². The summed E-state index contributed by atoms with van der Waals surface area (Å²) in [7, 11) is 0. The van der Waals surface area contributed by atoms with Gasteiger partial charge in [-0.3, -0.25) is 14.0 Å². The Hall–Kier alpha value is -2.15. The SMILES string of the molecule is Cc1nn(CC(=O)N2[C@H](C)CCC[C@@H]2C)c(=O)c2cc3sccc3n12. The monoisotopic (exact) mass is 358 g/mol. The Bertz CT molecular complexity index is 1010. The Morgan fingerprint density at radius 2 is 2.00 bits per heavy atom. The van der Waals surface area contributed by atoms with Crippen LogP contribution in [-0.2, 0) is 11.3 Å².